The van der Waals surface area contributed by atoms with Crippen LogP contribution in [-0.2, 0) is 23.9 Å². The van der Waals surface area contributed by atoms with Crippen LogP contribution in [0.3, 0.4) is 0 Å². The largest absolute Gasteiger partial charge is 0.469 e. The van der Waals surface area contributed by atoms with E-state index >= 15 is 0 Å². The lowest BCUT2D eigenvalue weighted by molar-refractivity contribution is -0.145. The molecule has 0 aromatic heterocycles. The first-order valence-electron chi connectivity index (χ1n) is 12.6. The summed E-state index contributed by atoms with van der Waals surface area (Å²) in [4.78, 5) is 42.6. The molecule has 0 aromatic rings. The van der Waals surface area contributed by atoms with Crippen LogP contribution in [0.2, 0.25) is 0 Å². The number of hydrogen-bond donors (Lipinski definition) is 0. The Morgan fingerprint density at radius 1 is 0.688 bits per heavy atom. The lowest BCUT2D eigenvalue weighted by Gasteiger charge is -2.29. The van der Waals surface area contributed by atoms with Gasteiger partial charge in [-0.25, -0.2) is 0 Å². The third kappa shape index (κ3) is 7.27. The standard InChI is InChI=1S/C25H44N2O5/c1-5-7-9-11-13-26-17-19(24(29)31-3)15-21(26)23(28)22-16-20(25(30)32-4)18-27(22)14-12-10-8-6-2/h19-22H,5-18H2,1-4H3. The van der Waals surface area contributed by atoms with Gasteiger partial charge in [-0.15, -0.1) is 0 Å². The summed E-state index contributed by atoms with van der Waals surface area (Å²) in [5, 5.41) is 0. The number of ether oxygens (including phenoxy) is 2. The highest BCUT2D eigenvalue weighted by Gasteiger charge is 2.47. The molecule has 2 aliphatic heterocycles. The summed E-state index contributed by atoms with van der Waals surface area (Å²) in [6.07, 6.45) is 10.1. The molecule has 0 bridgehead atoms. The van der Waals surface area contributed by atoms with Crippen molar-refractivity contribution < 1.29 is 23.9 Å². The molecule has 4 atom stereocenters. The van der Waals surface area contributed by atoms with Crippen LogP contribution < -0.4 is 0 Å². The van der Waals surface area contributed by atoms with Crippen molar-refractivity contribution in [3.63, 3.8) is 0 Å². The van der Waals surface area contributed by atoms with Crippen molar-refractivity contribution in [2.24, 2.45) is 11.8 Å². The van der Waals surface area contributed by atoms with Gasteiger partial charge in [0.25, 0.3) is 0 Å². The van der Waals surface area contributed by atoms with Crippen molar-refractivity contribution in [2.75, 3.05) is 40.4 Å². The van der Waals surface area contributed by atoms with Crippen LogP contribution in [0.25, 0.3) is 0 Å². The summed E-state index contributed by atoms with van der Waals surface area (Å²) in [6, 6.07) is -0.555. The van der Waals surface area contributed by atoms with Crippen molar-refractivity contribution in [3.05, 3.63) is 0 Å². The van der Waals surface area contributed by atoms with Crippen LogP contribution in [0.4, 0.5) is 0 Å². The molecule has 0 spiro atoms. The van der Waals surface area contributed by atoms with E-state index in [0.29, 0.717) is 25.9 Å². The van der Waals surface area contributed by atoms with E-state index < -0.39 is 0 Å². The average molecular weight is 453 g/mol. The van der Waals surface area contributed by atoms with E-state index in [1.165, 1.54) is 27.1 Å². The third-order valence-electron chi connectivity index (χ3n) is 7.13. The predicted molar refractivity (Wildman–Crippen MR) is 124 cm³/mol. The molecular weight excluding hydrogens is 408 g/mol. The second-order valence-electron chi connectivity index (χ2n) is 9.46. The van der Waals surface area contributed by atoms with Gasteiger partial charge in [-0.1, -0.05) is 52.4 Å². The zero-order valence-corrected chi connectivity index (χ0v) is 20.6. The molecule has 2 rings (SSSR count). The van der Waals surface area contributed by atoms with E-state index in [1.807, 2.05) is 0 Å². The minimum atomic E-state index is -0.278. The van der Waals surface area contributed by atoms with Gasteiger partial charge in [0, 0.05) is 13.1 Å². The normalized spacial score (nSPS) is 26.4. The number of likely N-dealkylation sites (tertiary alicyclic amines) is 2. The third-order valence-corrected chi connectivity index (χ3v) is 7.13. The molecule has 2 fully saturated rings. The van der Waals surface area contributed by atoms with E-state index in [-0.39, 0.29) is 41.6 Å². The molecule has 2 aliphatic rings. The highest BCUT2D eigenvalue weighted by atomic mass is 16.5. The van der Waals surface area contributed by atoms with Gasteiger partial charge in [0.15, 0.2) is 5.78 Å². The van der Waals surface area contributed by atoms with E-state index in [9.17, 15) is 14.4 Å². The number of esters is 2. The smallest absolute Gasteiger partial charge is 0.310 e. The van der Waals surface area contributed by atoms with Crippen LogP contribution in [0, 0.1) is 11.8 Å². The summed E-state index contributed by atoms with van der Waals surface area (Å²) in [5.74, 6) is -0.802. The molecule has 0 aromatic carbocycles. The minimum absolute atomic E-state index is 0.161. The van der Waals surface area contributed by atoms with Gasteiger partial charge >= 0.3 is 11.9 Å². The van der Waals surface area contributed by atoms with Crippen LogP contribution in [0.15, 0.2) is 0 Å². The fourth-order valence-corrected chi connectivity index (χ4v) is 5.27. The van der Waals surface area contributed by atoms with Crippen molar-refractivity contribution in [3.8, 4) is 0 Å². The number of carbonyl (C=O) groups excluding carboxylic acids is 3. The summed E-state index contributed by atoms with van der Waals surface area (Å²) in [7, 11) is 2.83. The molecule has 7 heteroatoms. The van der Waals surface area contributed by atoms with E-state index in [2.05, 4.69) is 23.6 Å². The summed E-state index contributed by atoms with van der Waals surface area (Å²) >= 11 is 0. The van der Waals surface area contributed by atoms with Gasteiger partial charge in [-0.2, -0.15) is 0 Å². The fourth-order valence-electron chi connectivity index (χ4n) is 5.27. The van der Waals surface area contributed by atoms with Gasteiger partial charge in [0.1, 0.15) is 0 Å². The molecule has 2 heterocycles. The molecule has 0 amide bonds. The van der Waals surface area contributed by atoms with Crippen molar-refractivity contribution in [1.29, 1.82) is 0 Å². The maximum Gasteiger partial charge on any atom is 0.310 e. The molecule has 4 unspecified atom stereocenters. The maximum absolute atomic E-state index is 13.8. The quantitative estimate of drug-likeness (QED) is 0.295. The maximum atomic E-state index is 13.8. The molecule has 0 aliphatic carbocycles. The Balaban J connectivity index is 2.11. The van der Waals surface area contributed by atoms with Crippen molar-refractivity contribution >= 4 is 17.7 Å². The van der Waals surface area contributed by atoms with E-state index in [0.717, 1.165) is 51.6 Å². The Labute approximate surface area is 194 Å². The number of carbonyl (C=O) groups is 3. The number of rotatable bonds is 14. The number of nitrogens with zero attached hydrogens (tertiary/aromatic N) is 2. The molecular formula is C25H44N2O5. The molecule has 0 N–H and O–H groups in total. The fraction of sp³-hybridized carbons (Fsp3) is 0.880. The topological polar surface area (TPSA) is 76.1 Å². The molecule has 0 radical (unpaired) electrons. The summed E-state index contributed by atoms with van der Waals surface area (Å²) in [6.45, 7) is 7.18. The lowest BCUT2D eigenvalue weighted by atomic mass is 9.95. The Hall–Kier alpha value is -1.47. The van der Waals surface area contributed by atoms with Gasteiger partial charge in [0.2, 0.25) is 0 Å². The van der Waals surface area contributed by atoms with Crippen LogP contribution in [-0.4, -0.2) is 80.0 Å². The monoisotopic (exact) mass is 452 g/mol. The van der Waals surface area contributed by atoms with E-state index in [1.54, 1.807) is 0 Å². The number of ketones is 1. The molecule has 184 valence electrons. The number of Topliss-reactive ketones (excluding diaryl/α,β-unsaturated/α-hetero) is 1. The zero-order chi connectivity index (χ0) is 23.5. The number of unbranched alkanes of at least 4 members (excludes halogenated alkanes) is 6. The van der Waals surface area contributed by atoms with Gasteiger partial charge < -0.3 is 9.47 Å². The first kappa shape index (κ1) is 26.8. The van der Waals surface area contributed by atoms with E-state index in [4.69, 9.17) is 9.47 Å². The van der Waals surface area contributed by atoms with Gasteiger partial charge in [-0.3, -0.25) is 24.2 Å². The Bertz CT molecular complexity index is 561. The molecule has 32 heavy (non-hydrogen) atoms. The Kier molecular flexibility index (Phi) is 11.7. The van der Waals surface area contributed by atoms with Crippen molar-refractivity contribution in [2.45, 2.75) is 90.1 Å². The summed E-state index contributed by atoms with van der Waals surface area (Å²) in [5.41, 5.74) is 0. The number of hydrogen-bond acceptors (Lipinski definition) is 7. The second kappa shape index (κ2) is 13.9. The predicted octanol–water partition coefficient (Wildman–Crippen LogP) is 3.44. The van der Waals surface area contributed by atoms with Crippen LogP contribution in [0.5, 0.6) is 0 Å². The minimum Gasteiger partial charge on any atom is -0.469 e. The lowest BCUT2D eigenvalue weighted by Crippen LogP contribution is -2.47. The van der Waals surface area contributed by atoms with Gasteiger partial charge in [0.05, 0.1) is 38.1 Å². The SMILES string of the molecule is CCCCCCN1CC(C(=O)OC)CC1C(=O)C1CC(C(=O)OC)CN1CCCCCC. The Morgan fingerprint density at radius 2 is 1.09 bits per heavy atom. The second-order valence-corrected chi connectivity index (χ2v) is 9.46. The molecule has 7 nitrogen and oxygen atoms in total. The zero-order valence-electron chi connectivity index (χ0n) is 20.6. The number of methoxy groups -OCH3 is 2. The first-order valence-corrected chi connectivity index (χ1v) is 12.6. The molecule has 0 saturated carbocycles. The first-order chi connectivity index (χ1) is 15.5. The average Bonchev–Trinajstić information content (AvgIpc) is 3.43. The highest BCUT2D eigenvalue weighted by molar-refractivity contribution is 5.91. The Morgan fingerprint density at radius 3 is 1.44 bits per heavy atom. The van der Waals surface area contributed by atoms with Crippen LogP contribution >= 0.6 is 0 Å². The summed E-state index contributed by atoms with van der Waals surface area (Å²) < 4.78 is 9.98. The van der Waals surface area contributed by atoms with Gasteiger partial charge in [-0.05, 0) is 38.8 Å². The van der Waals surface area contributed by atoms with Crippen LogP contribution in [0.1, 0.15) is 78.1 Å². The molecule has 2 saturated heterocycles. The highest BCUT2D eigenvalue weighted by Crippen LogP contribution is 2.32. The van der Waals surface area contributed by atoms with Crippen molar-refractivity contribution in [1.82, 2.24) is 9.80 Å².